The van der Waals surface area contributed by atoms with Crippen molar-refractivity contribution in [3.8, 4) is 0 Å². The van der Waals surface area contributed by atoms with Gasteiger partial charge in [-0.25, -0.2) is 4.79 Å². The highest BCUT2D eigenvalue weighted by Gasteiger charge is 2.29. The summed E-state index contributed by atoms with van der Waals surface area (Å²) < 4.78 is 4.85. The number of likely N-dealkylation sites (tertiary alicyclic amines) is 1. The fourth-order valence-corrected chi connectivity index (χ4v) is 2.13. The summed E-state index contributed by atoms with van der Waals surface area (Å²) in [5, 5.41) is 2.78. The molecule has 2 amide bonds. The first-order valence-corrected chi connectivity index (χ1v) is 6.93. The van der Waals surface area contributed by atoms with E-state index >= 15 is 0 Å². The van der Waals surface area contributed by atoms with E-state index in [0.29, 0.717) is 19.7 Å². The first kappa shape index (κ1) is 15.8. The topological polar surface area (TPSA) is 84.7 Å². The van der Waals surface area contributed by atoms with Crippen molar-refractivity contribution in [2.24, 2.45) is 11.7 Å². The van der Waals surface area contributed by atoms with Gasteiger partial charge in [0.1, 0.15) is 0 Å². The molecule has 1 saturated heterocycles. The number of nitrogens with one attached hydrogen (secondary N) is 1. The minimum atomic E-state index is -0.471. The Bertz CT molecular complexity index is 320. The van der Waals surface area contributed by atoms with Crippen molar-refractivity contribution in [2.75, 3.05) is 19.7 Å². The van der Waals surface area contributed by atoms with Gasteiger partial charge >= 0.3 is 6.09 Å². The molecular formula is C13H25N3O3. The second kappa shape index (κ2) is 7.33. The first-order valence-electron chi connectivity index (χ1n) is 6.93. The average Bonchev–Trinajstić information content (AvgIpc) is 2.37. The number of ether oxygens (including phenoxy) is 1. The van der Waals surface area contributed by atoms with Crippen LogP contribution in [0.25, 0.3) is 0 Å². The summed E-state index contributed by atoms with van der Waals surface area (Å²) in [5.74, 6) is 0.0799. The van der Waals surface area contributed by atoms with E-state index in [-0.39, 0.29) is 17.9 Å². The molecule has 2 atom stereocenters. The molecule has 1 unspecified atom stereocenters. The van der Waals surface area contributed by atoms with Crippen LogP contribution >= 0.6 is 0 Å². The fourth-order valence-electron chi connectivity index (χ4n) is 2.13. The Balaban J connectivity index is 2.50. The molecule has 1 rings (SSSR count). The number of rotatable bonds is 4. The maximum Gasteiger partial charge on any atom is 0.407 e. The zero-order valence-electron chi connectivity index (χ0n) is 12.0. The number of alkyl carbamates (subject to hydrolysis) is 1. The van der Waals surface area contributed by atoms with Crippen molar-refractivity contribution in [3.63, 3.8) is 0 Å². The summed E-state index contributed by atoms with van der Waals surface area (Å²) in [6.07, 6.45) is 1.31. The SMILES string of the molecule is CCOC(=O)NC1CCCN(C(=O)[C@H](N)C(C)C)C1. The quantitative estimate of drug-likeness (QED) is 0.788. The molecule has 0 aliphatic carbocycles. The number of amides is 2. The molecule has 0 saturated carbocycles. The van der Waals surface area contributed by atoms with Crippen molar-refractivity contribution in [1.82, 2.24) is 10.2 Å². The summed E-state index contributed by atoms with van der Waals surface area (Å²) in [4.78, 5) is 25.3. The zero-order chi connectivity index (χ0) is 14.4. The second-order valence-electron chi connectivity index (χ2n) is 5.26. The first-order chi connectivity index (χ1) is 8.95. The third kappa shape index (κ3) is 4.70. The van der Waals surface area contributed by atoms with E-state index in [2.05, 4.69) is 5.32 Å². The maximum atomic E-state index is 12.2. The van der Waals surface area contributed by atoms with Gasteiger partial charge in [-0.3, -0.25) is 4.79 Å². The summed E-state index contributed by atoms with van der Waals surface area (Å²) >= 11 is 0. The van der Waals surface area contributed by atoms with Gasteiger partial charge < -0.3 is 20.7 Å². The van der Waals surface area contributed by atoms with E-state index in [1.807, 2.05) is 13.8 Å². The number of nitrogens with zero attached hydrogens (tertiary/aromatic N) is 1. The van der Waals surface area contributed by atoms with E-state index in [4.69, 9.17) is 10.5 Å². The Morgan fingerprint density at radius 1 is 1.47 bits per heavy atom. The van der Waals surface area contributed by atoms with Gasteiger partial charge in [-0.15, -0.1) is 0 Å². The molecule has 1 aliphatic rings. The standard InChI is InChI=1S/C13H25N3O3/c1-4-19-13(18)15-10-6-5-7-16(8-10)12(17)11(14)9(2)3/h9-11H,4-8,14H2,1-3H3,(H,15,18)/t10?,11-/m1/s1. The van der Waals surface area contributed by atoms with Crippen molar-refractivity contribution in [3.05, 3.63) is 0 Å². The van der Waals surface area contributed by atoms with E-state index in [1.165, 1.54) is 0 Å². The second-order valence-corrected chi connectivity index (χ2v) is 5.26. The molecule has 0 radical (unpaired) electrons. The molecule has 19 heavy (non-hydrogen) atoms. The van der Waals surface area contributed by atoms with Gasteiger partial charge in [-0.05, 0) is 25.7 Å². The largest absolute Gasteiger partial charge is 0.450 e. The number of nitrogens with two attached hydrogens (primary N) is 1. The monoisotopic (exact) mass is 271 g/mol. The number of carbonyl (C=O) groups is 2. The number of hydrogen-bond donors (Lipinski definition) is 2. The van der Waals surface area contributed by atoms with Gasteiger partial charge in [0.25, 0.3) is 0 Å². The normalized spacial score (nSPS) is 21.1. The Morgan fingerprint density at radius 3 is 2.74 bits per heavy atom. The molecule has 0 aromatic carbocycles. The molecule has 3 N–H and O–H groups in total. The smallest absolute Gasteiger partial charge is 0.407 e. The molecule has 1 fully saturated rings. The highest BCUT2D eigenvalue weighted by atomic mass is 16.5. The minimum Gasteiger partial charge on any atom is -0.450 e. The average molecular weight is 271 g/mol. The minimum absolute atomic E-state index is 0.0367. The summed E-state index contributed by atoms with van der Waals surface area (Å²) in [5.41, 5.74) is 5.88. The van der Waals surface area contributed by atoms with Crippen molar-refractivity contribution in [1.29, 1.82) is 0 Å². The molecule has 6 heteroatoms. The van der Waals surface area contributed by atoms with Crippen LogP contribution in [0.4, 0.5) is 4.79 Å². The molecule has 0 aromatic heterocycles. The van der Waals surface area contributed by atoms with E-state index in [0.717, 1.165) is 12.8 Å². The maximum absolute atomic E-state index is 12.2. The number of piperidine rings is 1. The van der Waals surface area contributed by atoms with Crippen LogP contribution in [0.15, 0.2) is 0 Å². The van der Waals surface area contributed by atoms with E-state index < -0.39 is 12.1 Å². The zero-order valence-corrected chi connectivity index (χ0v) is 12.0. The van der Waals surface area contributed by atoms with Crippen LogP contribution in [0.3, 0.4) is 0 Å². The summed E-state index contributed by atoms with van der Waals surface area (Å²) in [6, 6.07) is -0.516. The van der Waals surface area contributed by atoms with Crippen LogP contribution < -0.4 is 11.1 Å². The van der Waals surface area contributed by atoms with Gasteiger partial charge in [0, 0.05) is 19.1 Å². The van der Waals surface area contributed by atoms with Gasteiger partial charge in [0.05, 0.1) is 12.6 Å². The lowest BCUT2D eigenvalue weighted by Crippen LogP contribution is -2.54. The predicted molar refractivity (Wildman–Crippen MR) is 72.6 cm³/mol. The Hall–Kier alpha value is -1.30. The van der Waals surface area contributed by atoms with Crippen LogP contribution in [0.5, 0.6) is 0 Å². The van der Waals surface area contributed by atoms with E-state index in [9.17, 15) is 9.59 Å². The molecule has 0 spiro atoms. The number of hydrogen-bond acceptors (Lipinski definition) is 4. The third-order valence-electron chi connectivity index (χ3n) is 3.33. The summed E-state index contributed by atoms with van der Waals surface area (Å²) in [6.45, 7) is 7.19. The lowest BCUT2D eigenvalue weighted by Gasteiger charge is -2.35. The molecule has 1 heterocycles. The van der Waals surface area contributed by atoms with E-state index in [1.54, 1.807) is 11.8 Å². The number of carbonyl (C=O) groups excluding carboxylic acids is 2. The van der Waals surface area contributed by atoms with Crippen LogP contribution in [0.2, 0.25) is 0 Å². The predicted octanol–water partition coefficient (Wildman–Crippen LogP) is 0.707. The van der Waals surface area contributed by atoms with Crippen LogP contribution in [-0.4, -0.2) is 48.7 Å². The molecule has 1 aliphatic heterocycles. The molecule has 6 nitrogen and oxygen atoms in total. The lowest BCUT2D eigenvalue weighted by atomic mass is 10.0. The molecule has 0 aromatic rings. The fraction of sp³-hybridized carbons (Fsp3) is 0.846. The van der Waals surface area contributed by atoms with Gasteiger partial charge in [0.15, 0.2) is 0 Å². The molecule has 0 bridgehead atoms. The highest BCUT2D eigenvalue weighted by Crippen LogP contribution is 2.13. The molecule has 110 valence electrons. The highest BCUT2D eigenvalue weighted by molar-refractivity contribution is 5.82. The van der Waals surface area contributed by atoms with Crippen molar-refractivity contribution < 1.29 is 14.3 Å². The summed E-state index contributed by atoms with van der Waals surface area (Å²) in [7, 11) is 0. The van der Waals surface area contributed by atoms with Gasteiger partial charge in [-0.1, -0.05) is 13.8 Å². The Morgan fingerprint density at radius 2 is 2.16 bits per heavy atom. The Kier molecular flexibility index (Phi) is 6.08. The van der Waals surface area contributed by atoms with Gasteiger partial charge in [0.2, 0.25) is 5.91 Å². The Labute approximate surface area is 114 Å². The van der Waals surface area contributed by atoms with Gasteiger partial charge in [-0.2, -0.15) is 0 Å². The van der Waals surface area contributed by atoms with Crippen molar-refractivity contribution in [2.45, 2.75) is 45.7 Å². The lowest BCUT2D eigenvalue weighted by molar-refractivity contribution is -0.134. The van der Waals surface area contributed by atoms with Crippen LogP contribution in [0, 0.1) is 5.92 Å². The molecular weight excluding hydrogens is 246 g/mol. The van der Waals surface area contributed by atoms with Crippen LogP contribution in [-0.2, 0) is 9.53 Å². The third-order valence-corrected chi connectivity index (χ3v) is 3.33. The van der Waals surface area contributed by atoms with Crippen molar-refractivity contribution >= 4 is 12.0 Å². The van der Waals surface area contributed by atoms with Crippen LogP contribution in [0.1, 0.15) is 33.6 Å².